The van der Waals surface area contributed by atoms with Crippen molar-refractivity contribution in [1.29, 1.82) is 0 Å². The molecule has 0 unspecified atom stereocenters. The number of benzene rings is 1. The average molecular weight is 329 g/mol. The lowest BCUT2D eigenvalue weighted by atomic mass is 10.0. The van der Waals surface area contributed by atoms with Crippen LogP contribution in [0.1, 0.15) is 12.5 Å². The molecule has 0 spiro atoms. The van der Waals surface area contributed by atoms with Crippen LogP contribution in [0.3, 0.4) is 0 Å². The normalized spacial score (nSPS) is 14.4. The van der Waals surface area contributed by atoms with Crippen LogP contribution in [0, 0.1) is 12.7 Å². The van der Waals surface area contributed by atoms with Gasteiger partial charge in [0.05, 0.1) is 25.4 Å². The highest BCUT2D eigenvalue weighted by atomic mass is 19.1. The third kappa shape index (κ3) is 3.54. The molecule has 126 valence electrons. The van der Waals surface area contributed by atoms with Crippen molar-refractivity contribution in [2.75, 3.05) is 25.0 Å². The zero-order chi connectivity index (χ0) is 17.1. The number of likely N-dealkylation sites (tertiary alicyclic amines) is 1. The van der Waals surface area contributed by atoms with Gasteiger partial charge in [0.2, 0.25) is 0 Å². The second-order valence-corrected chi connectivity index (χ2v) is 5.83. The predicted molar refractivity (Wildman–Crippen MR) is 90.4 cm³/mol. The minimum atomic E-state index is -0.388. The lowest BCUT2D eigenvalue weighted by Crippen LogP contribution is -2.56. The average Bonchev–Trinajstić information content (AvgIpc) is 2.52. The third-order valence-corrected chi connectivity index (χ3v) is 4.06. The van der Waals surface area contributed by atoms with Crippen LogP contribution in [0.4, 0.5) is 14.9 Å². The number of rotatable bonds is 4. The molecule has 1 N–H and O–H groups in total. The molecule has 2 amide bonds. The summed E-state index contributed by atoms with van der Waals surface area (Å²) in [6.45, 7) is 5.72. The van der Waals surface area contributed by atoms with E-state index < -0.39 is 0 Å². The Morgan fingerprint density at radius 3 is 2.83 bits per heavy atom. The molecule has 0 atom stereocenters. The van der Waals surface area contributed by atoms with Crippen LogP contribution in [-0.2, 0) is 4.74 Å². The van der Waals surface area contributed by atoms with E-state index in [4.69, 9.17) is 4.74 Å². The molecular weight excluding hydrogens is 309 g/mol. The molecular formula is C18H20FN3O2. The van der Waals surface area contributed by atoms with Gasteiger partial charge in [0.15, 0.2) is 0 Å². The van der Waals surface area contributed by atoms with E-state index in [9.17, 15) is 9.18 Å². The highest BCUT2D eigenvalue weighted by molar-refractivity contribution is 5.91. The molecule has 2 heterocycles. The summed E-state index contributed by atoms with van der Waals surface area (Å²) in [5.41, 5.74) is 3.13. The van der Waals surface area contributed by atoms with Gasteiger partial charge in [0.1, 0.15) is 5.82 Å². The number of hydrogen-bond donors (Lipinski definition) is 1. The summed E-state index contributed by atoms with van der Waals surface area (Å²) in [5.74, 6) is -0.388. The fourth-order valence-corrected chi connectivity index (χ4v) is 2.65. The molecule has 2 aromatic rings. The van der Waals surface area contributed by atoms with Crippen LogP contribution in [0.15, 0.2) is 36.7 Å². The SMILES string of the molecule is CCOC1CN(C(=O)Nc2cc(-c3cncc(F)c3)ccc2C)C1. The van der Waals surface area contributed by atoms with Gasteiger partial charge < -0.3 is 15.0 Å². The Hall–Kier alpha value is -2.47. The Labute approximate surface area is 140 Å². The van der Waals surface area contributed by atoms with Crippen molar-refractivity contribution in [3.8, 4) is 11.1 Å². The molecule has 1 aromatic carbocycles. The van der Waals surface area contributed by atoms with Crippen molar-refractivity contribution in [2.45, 2.75) is 20.0 Å². The van der Waals surface area contributed by atoms with E-state index in [0.29, 0.717) is 30.9 Å². The number of nitrogens with one attached hydrogen (secondary N) is 1. The van der Waals surface area contributed by atoms with E-state index in [-0.39, 0.29) is 18.0 Å². The minimum absolute atomic E-state index is 0.131. The highest BCUT2D eigenvalue weighted by Gasteiger charge is 2.31. The summed E-state index contributed by atoms with van der Waals surface area (Å²) in [7, 11) is 0. The summed E-state index contributed by atoms with van der Waals surface area (Å²) < 4.78 is 18.8. The Morgan fingerprint density at radius 2 is 2.12 bits per heavy atom. The molecule has 0 radical (unpaired) electrons. The standard InChI is InChI=1S/C18H20FN3O2/c1-3-24-16-10-22(11-16)18(23)21-17-7-13(5-4-12(17)2)14-6-15(19)9-20-8-14/h4-9,16H,3,10-11H2,1-2H3,(H,21,23). The zero-order valence-corrected chi connectivity index (χ0v) is 13.8. The van der Waals surface area contributed by atoms with E-state index in [1.165, 1.54) is 12.3 Å². The van der Waals surface area contributed by atoms with Crippen LogP contribution in [0.25, 0.3) is 11.1 Å². The molecule has 6 heteroatoms. The van der Waals surface area contributed by atoms with E-state index in [2.05, 4.69) is 10.3 Å². The molecule has 1 fully saturated rings. The van der Waals surface area contributed by atoms with Crippen molar-refractivity contribution < 1.29 is 13.9 Å². The van der Waals surface area contributed by atoms with Gasteiger partial charge >= 0.3 is 6.03 Å². The van der Waals surface area contributed by atoms with Gasteiger partial charge in [-0.2, -0.15) is 0 Å². The topological polar surface area (TPSA) is 54.5 Å². The van der Waals surface area contributed by atoms with Gasteiger partial charge in [-0.25, -0.2) is 9.18 Å². The zero-order valence-electron chi connectivity index (χ0n) is 13.8. The summed E-state index contributed by atoms with van der Waals surface area (Å²) in [6.07, 6.45) is 2.90. The lowest BCUT2D eigenvalue weighted by molar-refractivity contribution is -0.0276. The number of urea groups is 1. The Bertz CT molecular complexity index is 745. The maximum atomic E-state index is 13.4. The van der Waals surface area contributed by atoms with Crippen molar-refractivity contribution in [1.82, 2.24) is 9.88 Å². The maximum Gasteiger partial charge on any atom is 0.322 e. The number of aryl methyl sites for hydroxylation is 1. The lowest BCUT2D eigenvalue weighted by Gasteiger charge is -2.38. The first-order chi connectivity index (χ1) is 11.6. The number of amides is 2. The van der Waals surface area contributed by atoms with Gasteiger partial charge in [0, 0.05) is 24.1 Å². The summed E-state index contributed by atoms with van der Waals surface area (Å²) in [5, 5.41) is 2.92. The molecule has 24 heavy (non-hydrogen) atoms. The summed E-state index contributed by atoms with van der Waals surface area (Å²) >= 11 is 0. The minimum Gasteiger partial charge on any atom is -0.375 e. The number of aromatic nitrogens is 1. The number of hydrogen-bond acceptors (Lipinski definition) is 3. The van der Waals surface area contributed by atoms with Gasteiger partial charge in [0.25, 0.3) is 0 Å². The van der Waals surface area contributed by atoms with Gasteiger partial charge in [-0.3, -0.25) is 4.98 Å². The monoisotopic (exact) mass is 329 g/mol. The van der Waals surface area contributed by atoms with Crippen LogP contribution < -0.4 is 5.32 Å². The van der Waals surface area contributed by atoms with Crippen LogP contribution >= 0.6 is 0 Å². The molecule has 3 rings (SSSR count). The van der Waals surface area contributed by atoms with Gasteiger partial charge in [-0.05, 0) is 37.1 Å². The molecule has 0 saturated carbocycles. The van der Waals surface area contributed by atoms with E-state index in [1.54, 1.807) is 11.1 Å². The van der Waals surface area contributed by atoms with Gasteiger partial charge in [-0.1, -0.05) is 12.1 Å². The Kier molecular flexibility index (Phi) is 4.76. The van der Waals surface area contributed by atoms with Gasteiger partial charge in [-0.15, -0.1) is 0 Å². The number of carbonyl (C=O) groups is 1. The van der Waals surface area contributed by atoms with E-state index >= 15 is 0 Å². The quantitative estimate of drug-likeness (QED) is 0.935. The number of nitrogens with zero attached hydrogens (tertiary/aromatic N) is 2. The first kappa shape index (κ1) is 16.4. The number of carbonyl (C=O) groups excluding carboxylic acids is 1. The largest absolute Gasteiger partial charge is 0.375 e. The predicted octanol–water partition coefficient (Wildman–Crippen LogP) is 3.45. The molecule has 1 saturated heterocycles. The Morgan fingerprint density at radius 1 is 1.33 bits per heavy atom. The highest BCUT2D eigenvalue weighted by Crippen LogP contribution is 2.26. The smallest absolute Gasteiger partial charge is 0.322 e. The van der Waals surface area contributed by atoms with Crippen molar-refractivity contribution in [2.24, 2.45) is 0 Å². The molecule has 1 aliphatic heterocycles. The second-order valence-electron chi connectivity index (χ2n) is 5.83. The van der Waals surface area contributed by atoms with Crippen LogP contribution in [0.5, 0.6) is 0 Å². The molecule has 0 aliphatic carbocycles. The van der Waals surface area contributed by atoms with Crippen LogP contribution in [-0.4, -0.2) is 41.7 Å². The molecule has 1 aromatic heterocycles. The fourth-order valence-electron chi connectivity index (χ4n) is 2.65. The maximum absolute atomic E-state index is 13.4. The first-order valence-corrected chi connectivity index (χ1v) is 7.96. The Balaban J connectivity index is 1.72. The second kappa shape index (κ2) is 6.97. The number of anilines is 1. The van der Waals surface area contributed by atoms with E-state index in [1.807, 2.05) is 32.0 Å². The summed E-state index contributed by atoms with van der Waals surface area (Å²) in [6, 6.07) is 6.89. The summed E-state index contributed by atoms with van der Waals surface area (Å²) in [4.78, 5) is 17.9. The fraction of sp³-hybridized carbons (Fsp3) is 0.333. The van der Waals surface area contributed by atoms with Crippen LogP contribution in [0.2, 0.25) is 0 Å². The van der Waals surface area contributed by atoms with Crippen molar-refractivity contribution >= 4 is 11.7 Å². The third-order valence-electron chi connectivity index (χ3n) is 4.06. The number of pyridine rings is 1. The first-order valence-electron chi connectivity index (χ1n) is 7.96. The molecule has 1 aliphatic rings. The number of ether oxygens (including phenoxy) is 1. The molecule has 5 nitrogen and oxygen atoms in total. The number of halogens is 1. The van der Waals surface area contributed by atoms with Crippen molar-refractivity contribution in [3.05, 3.63) is 48.0 Å². The molecule has 0 bridgehead atoms. The van der Waals surface area contributed by atoms with Crippen molar-refractivity contribution in [3.63, 3.8) is 0 Å². The van der Waals surface area contributed by atoms with E-state index in [0.717, 1.165) is 11.1 Å².